The van der Waals surface area contributed by atoms with Crippen molar-refractivity contribution in [3.05, 3.63) is 71.3 Å². The second-order valence-electron chi connectivity index (χ2n) is 10.4. The highest BCUT2D eigenvalue weighted by Gasteiger charge is 2.35. The van der Waals surface area contributed by atoms with E-state index >= 15 is 0 Å². The number of ether oxygens (including phenoxy) is 2. The Balaban J connectivity index is 1.57. The van der Waals surface area contributed by atoms with Crippen LogP contribution < -0.4 is 15.4 Å². The molecular formula is C28H35F2N5O4. The third-order valence-electron chi connectivity index (χ3n) is 6.57. The first kappa shape index (κ1) is 28.5. The van der Waals surface area contributed by atoms with Gasteiger partial charge in [-0.15, -0.1) is 5.10 Å². The van der Waals surface area contributed by atoms with Crippen LogP contribution in [0.25, 0.3) is 5.69 Å². The number of carbonyl (C=O) groups excluding carboxylic acids is 1. The van der Waals surface area contributed by atoms with Gasteiger partial charge in [0.05, 0.1) is 29.5 Å². The molecule has 11 heteroatoms. The smallest absolute Gasteiger partial charge is 0.320 e. The quantitative estimate of drug-likeness (QED) is 0.359. The molecular weight excluding hydrogens is 508 g/mol. The van der Waals surface area contributed by atoms with E-state index in [-0.39, 0.29) is 24.4 Å². The fraction of sp³-hybridized carbons (Fsp3) is 0.429. The number of nitrogens with zero attached hydrogens (tertiary/aromatic N) is 3. The predicted octanol–water partition coefficient (Wildman–Crippen LogP) is 3.84. The standard InChI is InChI=1S/C28H35F2N5O4/c1-18-25(35(20-8-6-5-7-9-20)33-26(18)39-17-28(2,3)37)32-27(36)31-24-16-34(12-13-38-4)15-21(24)19-10-11-22(29)23(30)14-19/h5-11,14,21,24,37H,12-13,15-17H2,1-4H3,(H2,31,32,36)/t21-,24+/m0/s1. The number of methoxy groups -OCH3 is 1. The molecule has 1 aliphatic heterocycles. The van der Waals surface area contributed by atoms with E-state index in [0.717, 1.165) is 6.07 Å². The molecule has 2 amide bonds. The van der Waals surface area contributed by atoms with E-state index in [1.807, 2.05) is 30.3 Å². The first-order chi connectivity index (χ1) is 18.6. The van der Waals surface area contributed by atoms with Crippen LogP contribution >= 0.6 is 0 Å². The molecule has 2 heterocycles. The number of carbonyl (C=O) groups is 1. The van der Waals surface area contributed by atoms with Crippen LogP contribution in [0.3, 0.4) is 0 Å². The number of likely N-dealkylation sites (tertiary alicyclic amines) is 1. The van der Waals surface area contributed by atoms with Gasteiger partial charge < -0.3 is 19.9 Å². The van der Waals surface area contributed by atoms with Crippen molar-refractivity contribution >= 4 is 11.8 Å². The Morgan fingerprint density at radius 3 is 2.56 bits per heavy atom. The van der Waals surface area contributed by atoms with Gasteiger partial charge in [-0.25, -0.2) is 18.3 Å². The summed E-state index contributed by atoms with van der Waals surface area (Å²) in [4.78, 5) is 15.4. The lowest BCUT2D eigenvalue weighted by molar-refractivity contribution is 0.0265. The Morgan fingerprint density at radius 1 is 1.15 bits per heavy atom. The van der Waals surface area contributed by atoms with Crippen molar-refractivity contribution in [2.45, 2.75) is 38.3 Å². The minimum Gasteiger partial charge on any atom is -0.473 e. The van der Waals surface area contributed by atoms with E-state index in [4.69, 9.17) is 9.47 Å². The van der Waals surface area contributed by atoms with Crippen molar-refractivity contribution in [3.8, 4) is 11.6 Å². The van der Waals surface area contributed by atoms with Crippen LogP contribution in [-0.2, 0) is 4.74 Å². The summed E-state index contributed by atoms with van der Waals surface area (Å²) in [6.07, 6.45) is 0. The van der Waals surface area contributed by atoms with Gasteiger partial charge in [-0.05, 0) is 50.6 Å². The van der Waals surface area contributed by atoms with Crippen molar-refractivity contribution in [1.82, 2.24) is 20.0 Å². The van der Waals surface area contributed by atoms with Gasteiger partial charge in [0, 0.05) is 32.7 Å². The summed E-state index contributed by atoms with van der Waals surface area (Å²) < 4.78 is 40.2. The van der Waals surface area contributed by atoms with Crippen LogP contribution in [0, 0.1) is 18.6 Å². The molecule has 3 N–H and O–H groups in total. The number of aliphatic hydroxyl groups is 1. The van der Waals surface area contributed by atoms with Gasteiger partial charge in [0.2, 0.25) is 5.88 Å². The second kappa shape index (κ2) is 12.1. The first-order valence-corrected chi connectivity index (χ1v) is 12.8. The van der Waals surface area contributed by atoms with Gasteiger partial charge in [0.25, 0.3) is 0 Å². The van der Waals surface area contributed by atoms with Gasteiger partial charge in [-0.2, -0.15) is 0 Å². The average molecular weight is 544 g/mol. The Kier molecular flexibility index (Phi) is 8.83. The fourth-order valence-corrected chi connectivity index (χ4v) is 4.59. The topological polar surface area (TPSA) is 101 Å². The van der Waals surface area contributed by atoms with E-state index in [1.165, 1.54) is 6.07 Å². The molecule has 39 heavy (non-hydrogen) atoms. The minimum absolute atomic E-state index is 0.0145. The maximum atomic E-state index is 14.1. The molecule has 0 saturated carbocycles. The number of nitrogens with one attached hydrogen (secondary N) is 2. The van der Waals surface area contributed by atoms with Crippen LogP contribution in [-0.4, -0.2) is 77.4 Å². The maximum Gasteiger partial charge on any atom is 0.320 e. The van der Waals surface area contributed by atoms with E-state index in [2.05, 4.69) is 20.6 Å². The minimum atomic E-state index is -1.07. The summed E-state index contributed by atoms with van der Waals surface area (Å²) in [6.45, 7) is 7.25. The van der Waals surface area contributed by atoms with E-state index < -0.39 is 23.3 Å². The lowest BCUT2D eigenvalue weighted by Crippen LogP contribution is -2.42. The van der Waals surface area contributed by atoms with Crippen LogP contribution in [0.2, 0.25) is 0 Å². The third kappa shape index (κ3) is 7.11. The molecule has 0 spiro atoms. The molecule has 0 radical (unpaired) electrons. The number of rotatable bonds is 10. The number of halogens is 2. The lowest BCUT2D eigenvalue weighted by atomic mass is 9.94. The summed E-state index contributed by atoms with van der Waals surface area (Å²) in [5.41, 5.74) is 0.829. The molecule has 1 fully saturated rings. The summed E-state index contributed by atoms with van der Waals surface area (Å²) in [7, 11) is 1.61. The number of anilines is 1. The zero-order chi connectivity index (χ0) is 28.2. The molecule has 2 atom stereocenters. The number of amides is 2. The summed E-state index contributed by atoms with van der Waals surface area (Å²) in [5, 5.41) is 20.6. The van der Waals surface area contributed by atoms with Crippen molar-refractivity contribution in [3.63, 3.8) is 0 Å². The lowest BCUT2D eigenvalue weighted by Gasteiger charge is -2.21. The van der Waals surface area contributed by atoms with E-state index in [1.54, 1.807) is 38.6 Å². The number of aromatic nitrogens is 2. The summed E-state index contributed by atoms with van der Waals surface area (Å²) in [5.74, 6) is -1.41. The molecule has 1 saturated heterocycles. The SMILES string of the molecule is COCCN1C[C@@H](NC(=O)Nc2c(C)c(OCC(C)(C)O)nn2-c2ccccc2)[C@H](c2ccc(F)c(F)c2)C1. The zero-order valence-electron chi connectivity index (χ0n) is 22.6. The normalized spacial score (nSPS) is 17.8. The maximum absolute atomic E-state index is 14.1. The van der Waals surface area contributed by atoms with Gasteiger partial charge in [0.15, 0.2) is 11.6 Å². The van der Waals surface area contributed by atoms with Crippen molar-refractivity contribution in [2.75, 3.05) is 45.3 Å². The number of hydrogen-bond donors (Lipinski definition) is 3. The number of urea groups is 1. The van der Waals surface area contributed by atoms with Crippen LogP contribution in [0.4, 0.5) is 19.4 Å². The Hall–Kier alpha value is -3.54. The van der Waals surface area contributed by atoms with E-state index in [0.29, 0.717) is 48.9 Å². The van der Waals surface area contributed by atoms with Gasteiger partial charge in [-0.3, -0.25) is 10.2 Å². The number of benzene rings is 2. The van der Waals surface area contributed by atoms with Crippen molar-refractivity contribution < 1.29 is 28.2 Å². The van der Waals surface area contributed by atoms with Gasteiger partial charge in [-0.1, -0.05) is 24.3 Å². The average Bonchev–Trinajstić information content (AvgIpc) is 3.43. The second-order valence-corrected chi connectivity index (χ2v) is 10.4. The molecule has 0 bridgehead atoms. The summed E-state index contributed by atoms with van der Waals surface area (Å²) in [6, 6.07) is 12.3. The zero-order valence-corrected chi connectivity index (χ0v) is 22.6. The van der Waals surface area contributed by atoms with Crippen molar-refractivity contribution in [2.24, 2.45) is 0 Å². The Labute approximate surface area is 226 Å². The van der Waals surface area contributed by atoms with E-state index in [9.17, 15) is 18.7 Å². The first-order valence-electron chi connectivity index (χ1n) is 12.8. The highest BCUT2D eigenvalue weighted by Crippen LogP contribution is 2.31. The third-order valence-corrected chi connectivity index (χ3v) is 6.57. The van der Waals surface area contributed by atoms with Crippen molar-refractivity contribution in [1.29, 1.82) is 0 Å². The number of hydrogen-bond acceptors (Lipinski definition) is 6. The molecule has 3 aromatic rings. The molecule has 0 aliphatic carbocycles. The fourth-order valence-electron chi connectivity index (χ4n) is 4.59. The number of para-hydroxylation sites is 1. The molecule has 2 aromatic carbocycles. The monoisotopic (exact) mass is 543 g/mol. The molecule has 0 unspecified atom stereocenters. The summed E-state index contributed by atoms with van der Waals surface area (Å²) >= 11 is 0. The molecule has 1 aliphatic rings. The van der Waals surface area contributed by atoms with Gasteiger partial charge in [0.1, 0.15) is 12.4 Å². The molecule has 1 aromatic heterocycles. The van der Waals surface area contributed by atoms with Gasteiger partial charge >= 0.3 is 6.03 Å². The highest BCUT2D eigenvalue weighted by molar-refractivity contribution is 5.90. The molecule has 9 nitrogen and oxygen atoms in total. The van der Waals surface area contributed by atoms with Crippen LogP contribution in [0.15, 0.2) is 48.5 Å². The Morgan fingerprint density at radius 2 is 1.90 bits per heavy atom. The molecule has 4 rings (SSSR count). The Bertz CT molecular complexity index is 1280. The highest BCUT2D eigenvalue weighted by atomic mass is 19.2. The molecule has 210 valence electrons. The predicted molar refractivity (Wildman–Crippen MR) is 143 cm³/mol. The largest absolute Gasteiger partial charge is 0.473 e. The van der Waals surface area contributed by atoms with Crippen LogP contribution in [0.5, 0.6) is 5.88 Å². The van der Waals surface area contributed by atoms with Crippen LogP contribution in [0.1, 0.15) is 30.9 Å².